The van der Waals surface area contributed by atoms with Crippen LogP contribution in [-0.2, 0) is 20.6 Å². The second-order valence-corrected chi connectivity index (χ2v) is 9.36. The molecule has 0 aromatic heterocycles. The summed E-state index contributed by atoms with van der Waals surface area (Å²) in [5.41, 5.74) is 3.31. The van der Waals surface area contributed by atoms with E-state index >= 15 is 0 Å². The Balaban J connectivity index is 1.68. The van der Waals surface area contributed by atoms with Crippen molar-refractivity contribution >= 4 is 21.6 Å². The van der Waals surface area contributed by atoms with Gasteiger partial charge < -0.3 is 5.32 Å². The topological polar surface area (TPSA) is 66.5 Å². The van der Waals surface area contributed by atoms with E-state index in [0.29, 0.717) is 24.9 Å². The van der Waals surface area contributed by atoms with E-state index in [1.807, 2.05) is 32.0 Å². The number of anilines is 1. The van der Waals surface area contributed by atoms with Crippen LogP contribution >= 0.6 is 0 Å². The maximum Gasteiger partial charge on any atom is 0.228 e. The first-order valence-corrected chi connectivity index (χ1v) is 11.0. The predicted molar refractivity (Wildman–Crippen MR) is 108 cm³/mol. The molecule has 1 saturated heterocycles. The van der Waals surface area contributed by atoms with Gasteiger partial charge >= 0.3 is 0 Å². The zero-order valence-corrected chi connectivity index (χ0v) is 16.9. The van der Waals surface area contributed by atoms with Gasteiger partial charge in [0.25, 0.3) is 0 Å². The van der Waals surface area contributed by atoms with Crippen molar-refractivity contribution in [2.45, 2.75) is 32.4 Å². The summed E-state index contributed by atoms with van der Waals surface area (Å²) in [5, 5.41) is 2.95. The lowest BCUT2D eigenvalue weighted by molar-refractivity contribution is -0.120. The fourth-order valence-corrected chi connectivity index (χ4v) is 5.01. The van der Waals surface area contributed by atoms with Crippen molar-refractivity contribution in [1.82, 2.24) is 4.31 Å². The normalized spacial score (nSPS) is 18.0. The molecule has 1 aliphatic rings. The average molecular weight is 405 g/mol. The second-order valence-electron chi connectivity index (χ2n) is 7.39. The molecule has 1 aliphatic heterocycles. The van der Waals surface area contributed by atoms with E-state index in [-0.39, 0.29) is 18.2 Å². The minimum absolute atomic E-state index is 0.157. The number of nitrogens with zero attached hydrogens (tertiary/aromatic N) is 1. The second kappa shape index (κ2) is 8.41. The van der Waals surface area contributed by atoms with E-state index in [4.69, 9.17) is 0 Å². The van der Waals surface area contributed by atoms with Crippen LogP contribution in [0.3, 0.4) is 0 Å². The number of amides is 1. The van der Waals surface area contributed by atoms with Gasteiger partial charge in [0.05, 0.1) is 11.7 Å². The highest BCUT2D eigenvalue weighted by atomic mass is 32.2. The van der Waals surface area contributed by atoms with Crippen molar-refractivity contribution in [3.05, 3.63) is 65.0 Å². The number of rotatable bonds is 5. The summed E-state index contributed by atoms with van der Waals surface area (Å²) in [6.07, 6.45) is 1.28. The molecule has 2 aromatic carbocycles. The molecule has 0 unspecified atom stereocenters. The van der Waals surface area contributed by atoms with Crippen molar-refractivity contribution in [3.63, 3.8) is 0 Å². The van der Waals surface area contributed by atoms with Crippen LogP contribution < -0.4 is 5.32 Å². The zero-order valence-electron chi connectivity index (χ0n) is 16.1. The van der Waals surface area contributed by atoms with Crippen LogP contribution in [0.15, 0.2) is 42.5 Å². The van der Waals surface area contributed by atoms with Crippen LogP contribution in [0.2, 0.25) is 0 Å². The van der Waals surface area contributed by atoms with E-state index in [0.717, 1.165) is 16.8 Å². The standard InChI is InChI=1S/C21H25FN2O3S/c1-15-5-6-16(2)20(12-15)23-21(25)18-4-3-11-24(13-18)28(26,27)14-17-7-9-19(22)10-8-17/h5-10,12,18H,3-4,11,13-14H2,1-2H3,(H,23,25)/t18-/m0/s1. The summed E-state index contributed by atoms with van der Waals surface area (Å²) in [6.45, 7) is 4.45. The first-order valence-electron chi connectivity index (χ1n) is 9.35. The molecule has 7 heteroatoms. The average Bonchev–Trinajstić information content (AvgIpc) is 2.66. The molecule has 1 fully saturated rings. The molecule has 1 amide bonds. The van der Waals surface area contributed by atoms with Crippen molar-refractivity contribution < 1.29 is 17.6 Å². The molecule has 3 rings (SSSR count). The van der Waals surface area contributed by atoms with E-state index < -0.39 is 21.8 Å². The summed E-state index contributed by atoms with van der Waals surface area (Å²) in [5.74, 6) is -1.15. The number of nitrogens with one attached hydrogen (secondary N) is 1. The van der Waals surface area contributed by atoms with Crippen LogP contribution in [-0.4, -0.2) is 31.7 Å². The van der Waals surface area contributed by atoms with E-state index in [1.165, 1.54) is 28.6 Å². The van der Waals surface area contributed by atoms with Crippen LogP contribution in [0.4, 0.5) is 10.1 Å². The molecule has 150 valence electrons. The lowest BCUT2D eigenvalue weighted by atomic mass is 9.98. The van der Waals surface area contributed by atoms with Gasteiger partial charge in [0.15, 0.2) is 0 Å². The number of carbonyl (C=O) groups is 1. The Labute approximate surface area is 165 Å². The highest BCUT2D eigenvalue weighted by Crippen LogP contribution is 2.24. The molecule has 1 N–H and O–H groups in total. The summed E-state index contributed by atoms with van der Waals surface area (Å²) >= 11 is 0. The first kappa shape index (κ1) is 20.5. The summed E-state index contributed by atoms with van der Waals surface area (Å²) in [4.78, 5) is 12.7. The smallest absolute Gasteiger partial charge is 0.228 e. The molecular formula is C21H25FN2O3S. The molecule has 0 aliphatic carbocycles. The molecular weight excluding hydrogens is 379 g/mol. The third-order valence-electron chi connectivity index (χ3n) is 5.06. The van der Waals surface area contributed by atoms with Crippen LogP contribution in [0.25, 0.3) is 0 Å². The van der Waals surface area contributed by atoms with Gasteiger partial charge in [-0.2, -0.15) is 0 Å². The van der Waals surface area contributed by atoms with Gasteiger partial charge in [-0.25, -0.2) is 17.1 Å². The van der Waals surface area contributed by atoms with Crippen LogP contribution in [0.5, 0.6) is 0 Å². The lowest BCUT2D eigenvalue weighted by Crippen LogP contribution is -2.44. The van der Waals surface area contributed by atoms with Crippen molar-refractivity contribution in [2.75, 3.05) is 18.4 Å². The molecule has 0 bridgehead atoms. The molecule has 0 saturated carbocycles. The highest BCUT2D eigenvalue weighted by Gasteiger charge is 2.32. The molecule has 0 radical (unpaired) electrons. The third-order valence-corrected chi connectivity index (χ3v) is 6.88. The Morgan fingerprint density at radius 3 is 2.61 bits per heavy atom. The van der Waals surface area contributed by atoms with E-state index in [2.05, 4.69) is 5.32 Å². The van der Waals surface area contributed by atoms with Crippen molar-refractivity contribution in [3.8, 4) is 0 Å². The fraction of sp³-hybridized carbons (Fsp3) is 0.381. The zero-order chi connectivity index (χ0) is 20.3. The largest absolute Gasteiger partial charge is 0.326 e. The number of hydrogen-bond donors (Lipinski definition) is 1. The van der Waals surface area contributed by atoms with Gasteiger partial charge in [-0.15, -0.1) is 0 Å². The molecule has 0 spiro atoms. The Hall–Kier alpha value is -2.25. The van der Waals surface area contributed by atoms with E-state index in [1.54, 1.807) is 0 Å². The Morgan fingerprint density at radius 2 is 1.89 bits per heavy atom. The number of aryl methyl sites for hydroxylation is 2. The quantitative estimate of drug-likeness (QED) is 0.828. The molecule has 28 heavy (non-hydrogen) atoms. The van der Waals surface area contributed by atoms with Crippen LogP contribution in [0, 0.1) is 25.6 Å². The predicted octanol–water partition coefficient (Wildman–Crippen LogP) is 3.62. The molecule has 1 atom stereocenters. The number of piperidine rings is 1. The summed E-state index contributed by atoms with van der Waals surface area (Å²) in [6, 6.07) is 11.3. The number of benzene rings is 2. The molecule has 1 heterocycles. The Bertz CT molecular complexity index is 958. The van der Waals surface area contributed by atoms with Crippen molar-refractivity contribution in [2.24, 2.45) is 5.92 Å². The monoisotopic (exact) mass is 404 g/mol. The highest BCUT2D eigenvalue weighted by molar-refractivity contribution is 7.88. The lowest BCUT2D eigenvalue weighted by Gasteiger charge is -2.31. The van der Waals surface area contributed by atoms with E-state index in [9.17, 15) is 17.6 Å². The Kier molecular flexibility index (Phi) is 6.15. The van der Waals surface area contributed by atoms with Crippen molar-refractivity contribution in [1.29, 1.82) is 0 Å². The molecule has 5 nitrogen and oxygen atoms in total. The maximum absolute atomic E-state index is 13.0. The first-order chi connectivity index (χ1) is 13.2. The minimum Gasteiger partial charge on any atom is -0.326 e. The number of halogens is 1. The summed E-state index contributed by atoms with van der Waals surface area (Å²) < 4.78 is 40.0. The number of carbonyl (C=O) groups excluding carboxylic acids is 1. The van der Waals surface area contributed by atoms with Gasteiger partial charge in [-0.3, -0.25) is 4.79 Å². The van der Waals surface area contributed by atoms with Gasteiger partial charge in [-0.05, 0) is 61.6 Å². The number of sulfonamides is 1. The Morgan fingerprint density at radius 1 is 1.18 bits per heavy atom. The van der Waals surface area contributed by atoms with Gasteiger partial charge in [0, 0.05) is 18.8 Å². The van der Waals surface area contributed by atoms with Crippen LogP contribution in [0.1, 0.15) is 29.5 Å². The maximum atomic E-state index is 13.0. The minimum atomic E-state index is -3.57. The van der Waals surface area contributed by atoms with Gasteiger partial charge in [0.2, 0.25) is 15.9 Å². The third kappa shape index (κ3) is 4.97. The van der Waals surface area contributed by atoms with Gasteiger partial charge in [0.1, 0.15) is 5.82 Å². The number of hydrogen-bond acceptors (Lipinski definition) is 3. The van der Waals surface area contributed by atoms with Gasteiger partial charge in [-0.1, -0.05) is 24.3 Å². The summed E-state index contributed by atoms with van der Waals surface area (Å²) in [7, 11) is -3.57. The molecule has 2 aromatic rings. The fourth-order valence-electron chi connectivity index (χ4n) is 3.40. The SMILES string of the molecule is Cc1ccc(C)c(NC(=O)[C@H]2CCCN(S(=O)(=O)Cc3ccc(F)cc3)C2)c1.